The fourth-order valence-corrected chi connectivity index (χ4v) is 3.72. The molecule has 1 atom stereocenters. The first-order valence-corrected chi connectivity index (χ1v) is 8.29. The van der Waals surface area contributed by atoms with Crippen LogP contribution in [0.4, 0.5) is 0 Å². The van der Waals surface area contributed by atoms with Crippen LogP contribution in [0.25, 0.3) is 0 Å². The van der Waals surface area contributed by atoms with E-state index in [4.69, 9.17) is 16.0 Å². The van der Waals surface area contributed by atoms with Gasteiger partial charge in [-0.05, 0) is 43.8 Å². The minimum absolute atomic E-state index is 0.0651. The number of sulfonamides is 1. The summed E-state index contributed by atoms with van der Waals surface area (Å²) in [6.45, 7) is 2.27. The van der Waals surface area contributed by atoms with E-state index in [1.165, 1.54) is 6.26 Å². The van der Waals surface area contributed by atoms with Crippen molar-refractivity contribution < 1.29 is 12.8 Å². The molecule has 0 saturated carbocycles. The lowest BCUT2D eigenvalue weighted by molar-refractivity contribution is 0.459. The Morgan fingerprint density at radius 3 is 2.71 bits per heavy atom. The Morgan fingerprint density at radius 1 is 1.33 bits per heavy atom. The Bertz CT molecular complexity index is 699. The number of rotatable bonds is 6. The van der Waals surface area contributed by atoms with Crippen LogP contribution in [-0.4, -0.2) is 15.5 Å². The summed E-state index contributed by atoms with van der Waals surface area (Å²) in [5.74, 6) is 0.543. The van der Waals surface area contributed by atoms with E-state index in [-0.39, 0.29) is 9.92 Å². The van der Waals surface area contributed by atoms with Gasteiger partial charge in [-0.3, -0.25) is 0 Å². The second kappa shape index (κ2) is 6.62. The molecule has 114 valence electrons. The maximum Gasteiger partial charge on any atom is 0.242 e. The van der Waals surface area contributed by atoms with Crippen molar-refractivity contribution in [2.45, 2.75) is 24.4 Å². The first-order valence-electron chi connectivity index (χ1n) is 6.43. The summed E-state index contributed by atoms with van der Waals surface area (Å²) in [7, 11) is -1.94. The van der Waals surface area contributed by atoms with Gasteiger partial charge in [0, 0.05) is 6.54 Å². The predicted octanol–water partition coefficient (Wildman–Crippen LogP) is 2.69. The minimum atomic E-state index is -3.73. The van der Waals surface area contributed by atoms with E-state index in [0.717, 1.165) is 5.56 Å². The predicted molar refractivity (Wildman–Crippen MR) is 81.7 cm³/mol. The van der Waals surface area contributed by atoms with Crippen molar-refractivity contribution >= 4 is 21.6 Å². The normalized spacial score (nSPS) is 13.3. The van der Waals surface area contributed by atoms with Crippen molar-refractivity contribution in [3.05, 3.63) is 52.9 Å². The highest BCUT2D eigenvalue weighted by molar-refractivity contribution is 7.89. The number of hydrogen-bond acceptors (Lipinski definition) is 4. The molecule has 1 heterocycles. The summed E-state index contributed by atoms with van der Waals surface area (Å²) in [4.78, 5) is 0.0651. The maximum atomic E-state index is 12.5. The van der Waals surface area contributed by atoms with E-state index < -0.39 is 16.1 Å². The van der Waals surface area contributed by atoms with Crippen LogP contribution in [0.15, 0.2) is 45.9 Å². The Kier molecular flexibility index (Phi) is 5.05. The fourth-order valence-electron chi connectivity index (χ4n) is 1.96. The summed E-state index contributed by atoms with van der Waals surface area (Å²) in [6, 6.07) is 7.88. The number of nitrogens with one attached hydrogen (secondary N) is 2. The van der Waals surface area contributed by atoms with Gasteiger partial charge in [-0.25, -0.2) is 13.1 Å². The first kappa shape index (κ1) is 16.0. The summed E-state index contributed by atoms with van der Waals surface area (Å²) >= 11 is 6.03. The van der Waals surface area contributed by atoms with Gasteiger partial charge in [0.05, 0.1) is 17.3 Å². The van der Waals surface area contributed by atoms with Gasteiger partial charge in [-0.2, -0.15) is 0 Å². The summed E-state index contributed by atoms with van der Waals surface area (Å²) in [6.07, 6.45) is 1.50. The molecule has 1 unspecified atom stereocenters. The molecule has 2 aromatic rings. The van der Waals surface area contributed by atoms with Crippen LogP contribution in [0.5, 0.6) is 0 Å². The third kappa shape index (κ3) is 3.85. The lowest BCUT2D eigenvalue weighted by atomic mass is 10.2. The van der Waals surface area contributed by atoms with Crippen molar-refractivity contribution in [1.82, 2.24) is 10.0 Å². The summed E-state index contributed by atoms with van der Waals surface area (Å²) in [5.41, 5.74) is 0.841. The molecule has 0 aliphatic rings. The zero-order valence-corrected chi connectivity index (χ0v) is 13.3. The molecule has 0 aliphatic heterocycles. The van der Waals surface area contributed by atoms with E-state index in [2.05, 4.69) is 10.0 Å². The van der Waals surface area contributed by atoms with Crippen LogP contribution in [0.1, 0.15) is 24.3 Å². The molecular formula is C14H17ClN2O3S. The highest BCUT2D eigenvalue weighted by atomic mass is 35.5. The molecule has 7 heteroatoms. The van der Waals surface area contributed by atoms with Crippen molar-refractivity contribution in [2.75, 3.05) is 7.05 Å². The standard InChI is InChI=1S/C14H17ClN2O3S/c1-10(13-4-3-7-20-13)17-21(18,19)14-8-11(9-16-2)5-6-12(14)15/h3-8,10,16-17H,9H2,1-2H3. The molecule has 0 radical (unpaired) electrons. The maximum absolute atomic E-state index is 12.5. The first-order chi connectivity index (χ1) is 9.94. The largest absolute Gasteiger partial charge is 0.468 e. The van der Waals surface area contributed by atoms with E-state index in [0.29, 0.717) is 12.3 Å². The van der Waals surface area contributed by atoms with Gasteiger partial charge in [-0.1, -0.05) is 17.7 Å². The van der Waals surface area contributed by atoms with E-state index >= 15 is 0 Å². The number of benzene rings is 1. The van der Waals surface area contributed by atoms with Gasteiger partial charge in [0.25, 0.3) is 0 Å². The van der Waals surface area contributed by atoms with Gasteiger partial charge >= 0.3 is 0 Å². The Hall–Kier alpha value is -1.34. The Morgan fingerprint density at radius 2 is 2.10 bits per heavy atom. The van der Waals surface area contributed by atoms with Crippen molar-refractivity contribution in [3.8, 4) is 0 Å². The molecule has 0 bridgehead atoms. The molecule has 1 aromatic heterocycles. The number of furan rings is 1. The zero-order valence-electron chi connectivity index (χ0n) is 11.8. The molecule has 1 aromatic carbocycles. The Labute approximate surface area is 129 Å². The second-order valence-electron chi connectivity index (χ2n) is 4.65. The van der Waals surface area contributed by atoms with Crippen molar-refractivity contribution in [2.24, 2.45) is 0 Å². The topological polar surface area (TPSA) is 71.3 Å². The van der Waals surface area contributed by atoms with Crippen LogP contribution in [-0.2, 0) is 16.6 Å². The Balaban J connectivity index is 2.28. The molecule has 0 aliphatic carbocycles. The van der Waals surface area contributed by atoms with E-state index in [9.17, 15) is 8.42 Å². The van der Waals surface area contributed by atoms with Crippen LogP contribution in [0, 0.1) is 0 Å². The van der Waals surface area contributed by atoms with Crippen LogP contribution in [0.3, 0.4) is 0 Å². The SMILES string of the molecule is CNCc1ccc(Cl)c(S(=O)(=O)NC(C)c2ccco2)c1. The van der Waals surface area contributed by atoms with Gasteiger partial charge in [0.1, 0.15) is 10.7 Å². The third-order valence-corrected chi connectivity index (χ3v) is 4.99. The van der Waals surface area contributed by atoms with Crippen molar-refractivity contribution in [3.63, 3.8) is 0 Å². The number of hydrogen-bond donors (Lipinski definition) is 2. The van der Waals surface area contributed by atoms with E-state index in [1.807, 2.05) is 0 Å². The molecule has 0 amide bonds. The van der Waals surface area contributed by atoms with E-state index in [1.54, 1.807) is 44.3 Å². The highest BCUT2D eigenvalue weighted by Gasteiger charge is 2.22. The van der Waals surface area contributed by atoms with Crippen molar-refractivity contribution in [1.29, 1.82) is 0 Å². The molecular weight excluding hydrogens is 312 g/mol. The van der Waals surface area contributed by atoms with Gasteiger partial charge in [0.15, 0.2) is 0 Å². The molecule has 0 saturated heterocycles. The zero-order chi connectivity index (χ0) is 15.5. The fraction of sp³-hybridized carbons (Fsp3) is 0.286. The lowest BCUT2D eigenvalue weighted by Gasteiger charge is -2.14. The van der Waals surface area contributed by atoms with Crippen LogP contribution in [0.2, 0.25) is 5.02 Å². The highest BCUT2D eigenvalue weighted by Crippen LogP contribution is 2.24. The summed E-state index contributed by atoms with van der Waals surface area (Å²) < 4.78 is 32.7. The smallest absolute Gasteiger partial charge is 0.242 e. The van der Waals surface area contributed by atoms with Crippen LogP contribution >= 0.6 is 11.6 Å². The third-order valence-electron chi connectivity index (χ3n) is 2.97. The number of halogens is 1. The second-order valence-corrected chi connectivity index (χ2v) is 6.74. The molecule has 2 rings (SSSR count). The average Bonchev–Trinajstić information content (AvgIpc) is 2.94. The molecule has 0 fully saturated rings. The minimum Gasteiger partial charge on any atom is -0.468 e. The lowest BCUT2D eigenvalue weighted by Crippen LogP contribution is -2.27. The molecule has 21 heavy (non-hydrogen) atoms. The van der Waals surface area contributed by atoms with Gasteiger partial charge in [-0.15, -0.1) is 0 Å². The molecule has 2 N–H and O–H groups in total. The van der Waals surface area contributed by atoms with Gasteiger partial charge in [0.2, 0.25) is 10.0 Å². The monoisotopic (exact) mass is 328 g/mol. The molecule has 5 nitrogen and oxygen atoms in total. The quantitative estimate of drug-likeness (QED) is 0.855. The average molecular weight is 329 g/mol. The molecule has 0 spiro atoms. The van der Waals surface area contributed by atoms with Gasteiger partial charge < -0.3 is 9.73 Å². The van der Waals surface area contributed by atoms with Crippen LogP contribution < -0.4 is 10.0 Å². The summed E-state index contributed by atoms with van der Waals surface area (Å²) in [5, 5.41) is 3.16.